The zero-order valence-corrected chi connectivity index (χ0v) is 17.5. The molecule has 0 saturated heterocycles. The van der Waals surface area contributed by atoms with Gasteiger partial charge >= 0.3 is 6.09 Å². The third kappa shape index (κ3) is 3.96. The quantitative estimate of drug-likeness (QED) is 0.586. The van der Waals surface area contributed by atoms with Crippen molar-refractivity contribution in [2.24, 2.45) is 11.8 Å². The molecule has 0 unspecified atom stereocenters. The highest BCUT2D eigenvalue weighted by molar-refractivity contribution is 5.97. The van der Waals surface area contributed by atoms with Crippen LogP contribution in [-0.2, 0) is 0 Å². The number of halogens is 2. The summed E-state index contributed by atoms with van der Waals surface area (Å²) in [6.45, 7) is 4.00. The summed E-state index contributed by atoms with van der Waals surface area (Å²) in [6, 6.07) is 1.34. The molecule has 3 aliphatic rings. The van der Waals surface area contributed by atoms with E-state index in [0.717, 1.165) is 36.2 Å². The number of nitrogens with zero attached hydrogens (tertiary/aromatic N) is 4. The van der Waals surface area contributed by atoms with Gasteiger partial charge in [0.1, 0.15) is 11.5 Å². The number of carboxylic acid groups (broad SMARTS) is 1. The molecule has 3 heterocycles. The summed E-state index contributed by atoms with van der Waals surface area (Å²) in [7, 11) is 0. The molecule has 3 aromatic heterocycles. The third-order valence-corrected chi connectivity index (χ3v) is 6.17. The maximum absolute atomic E-state index is 14.4. The standard InChI is InChI=1S/C20H19F2N5O2.C2H6/c21-12-6-13-14(9-27(20(28)29)19(13)24-7-12)17-23-8-15(22)18(26-17)25-16-5-10-1-3-11(16)4-2-10;1-2/h6-11,16H,1-5H2,(H,28,29)(H,23,25,26);1-2H3/t10?,11?,16-;/m1./s1. The summed E-state index contributed by atoms with van der Waals surface area (Å²) >= 11 is 0. The van der Waals surface area contributed by atoms with Gasteiger partial charge in [-0.2, -0.15) is 0 Å². The van der Waals surface area contributed by atoms with Crippen LogP contribution in [0.3, 0.4) is 0 Å². The lowest BCUT2D eigenvalue weighted by molar-refractivity contribution is 0.157. The number of hydrogen-bond acceptors (Lipinski definition) is 5. The van der Waals surface area contributed by atoms with Crippen LogP contribution in [-0.4, -0.2) is 36.8 Å². The molecule has 0 radical (unpaired) electrons. The minimum Gasteiger partial charge on any atom is -0.464 e. The molecule has 3 fully saturated rings. The van der Waals surface area contributed by atoms with Gasteiger partial charge in [0.05, 0.1) is 12.4 Å². The lowest BCUT2D eigenvalue weighted by Gasteiger charge is -2.42. The molecule has 0 aromatic carbocycles. The first kappa shape index (κ1) is 21.1. The van der Waals surface area contributed by atoms with E-state index in [-0.39, 0.29) is 34.3 Å². The van der Waals surface area contributed by atoms with Gasteiger partial charge in [-0.3, -0.25) is 0 Å². The van der Waals surface area contributed by atoms with Crippen molar-refractivity contribution in [3.05, 3.63) is 36.3 Å². The Labute approximate surface area is 178 Å². The highest BCUT2D eigenvalue weighted by Gasteiger charge is 2.36. The van der Waals surface area contributed by atoms with E-state index in [9.17, 15) is 18.7 Å². The van der Waals surface area contributed by atoms with Gasteiger partial charge in [-0.05, 0) is 37.2 Å². The molecular formula is C22H25F2N5O2. The van der Waals surface area contributed by atoms with Crippen molar-refractivity contribution in [2.75, 3.05) is 5.32 Å². The zero-order valence-electron chi connectivity index (χ0n) is 17.5. The largest absolute Gasteiger partial charge is 0.464 e. The van der Waals surface area contributed by atoms with Crippen molar-refractivity contribution in [1.82, 2.24) is 19.5 Å². The third-order valence-electron chi connectivity index (χ3n) is 6.17. The van der Waals surface area contributed by atoms with Crippen molar-refractivity contribution in [1.29, 1.82) is 0 Å². The van der Waals surface area contributed by atoms with Crippen LogP contribution in [0.15, 0.2) is 24.7 Å². The van der Waals surface area contributed by atoms with E-state index in [0.29, 0.717) is 11.8 Å². The van der Waals surface area contributed by atoms with Gasteiger partial charge in [0.2, 0.25) is 0 Å². The minimum atomic E-state index is -1.26. The number of rotatable bonds is 3. The predicted molar refractivity (Wildman–Crippen MR) is 113 cm³/mol. The first-order valence-electron chi connectivity index (χ1n) is 10.7. The zero-order chi connectivity index (χ0) is 22.1. The van der Waals surface area contributed by atoms with Gasteiger partial charge in [0.25, 0.3) is 0 Å². The molecule has 1 atom stereocenters. The monoisotopic (exact) mass is 429 g/mol. The number of pyridine rings is 1. The Morgan fingerprint density at radius 3 is 2.55 bits per heavy atom. The van der Waals surface area contributed by atoms with Gasteiger partial charge in [-0.1, -0.05) is 26.7 Å². The maximum atomic E-state index is 14.4. The Kier molecular flexibility index (Phi) is 5.84. The molecule has 6 rings (SSSR count). The van der Waals surface area contributed by atoms with E-state index in [1.807, 2.05) is 13.8 Å². The van der Waals surface area contributed by atoms with E-state index in [2.05, 4.69) is 20.3 Å². The molecule has 0 spiro atoms. The number of fused-ring (bicyclic) bond motifs is 4. The Morgan fingerprint density at radius 1 is 1.16 bits per heavy atom. The average molecular weight is 429 g/mol. The van der Waals surface area contributed by atoms with Crippen molar-refractivity contribution < 1.29 is 18.7 Å². The van der Waals surface area contributed by atoms with Gasteiger partial charge in [0, 0.05) is 23.2 Å². The molecule has 2 N–H and O–H groups in total. The summed E-state index contributed by atoms with van der Waals surface area (Å²) in [5.41, 5.74) is 0.350. The summed E-state index contributed by atoms with van der Waals surface area (Å²) in [5, 5.41) is 12.9. The number of nitrogens with one attached hydrogen (secondary N) is 1. The average Bonchev–Trinajstić information content (AvgIpc) is 3.16. The van der Waals surface area contributed by atoms with Gasteiger partial charge in [-0.25, -0.2) is 33.1 Å². The van der Waals surface area contributed by atoms with Crippen LogP contribution < -0.4 is 5.32 Å². The molecule has 0 aliphatic heterocycles. The molecule has 2 bridgehead atoms. The first-order valence-corrected chi connectivity index (χ1v) is 10.7. The summed E-state index contributed by atoms with van der Waals surface area (Å²) in [5.74, 6) is 0.206. The predicted octanol–water partition coefficient (Wildman–Crippen LogP) is 5.31. The Balaban J connectivity index is 0.00000112. The Bertz CT molecular complexity index is 1110. The molecule has 31 heavy (non-hydrogen) atoms. The molecule has 0 amide bonds. The lowest BCUT2D eigenvalue weighted by Crippen LogP contribution is -2.40. The fraction of sp³-hybridized carbons (Fsp3) is 0.455. The van der Waals surface area contributed by atoms with E-state index in [1.54, 1.807) is 0 Å². The van der Waals surface area contributed by atoms with Crippen LogP contribution in [0.4, 0.5) is 19.4 Å². The van der Waals surface area contributed by atoms with Crippen LogP contribution in [0, 0.1) is 23.5 Å². The number of aromatic nitrogens is 4. The van der Waals surface area contributed by atoms with Crippen molar-refractivity contribution in [2.45, 2.75) is 52.0 Å². The Morgan fingerprint density at radius 2 is 1.90 bits per heavy atom. The van der Waals surface area contributed by atoms with E-state index >= 15 is 0 Å². The topological polar surface area (TPSA) is 92.9 Å². The second kappa shape index (κ2) is 8.56. The van der Waals surface area contributed by atoms with Crippen LogP contribution in [0.5, 0.6) is 0 Å². The van der Waals surface area contributed by atoms with E-state index in [1.165, 1.54) is 25.1 Å². The number of anilines is 1. The summed E-state index contributed by atoms with van der Waals surface area (Å²) in [6.07, 6.45) is 7.75. The molecule has 9 heteroatoms. The summed E-state index contributed by atoms with van der Waals surface area (Å²) in [4.78, 5) is 23.7. The van der Waals surface area contributed by atoms with Crippen molar-refractivity contribution in [3.63, 3.8) is 0 Å². The minimum absolute atomic E-state index is 0.0703. The van der Waals surface area contributed by atoms with Crippen LogP contribution in [0.25, 0.3) is 22.4 Å². The highest BCUT2D eigenvalue weighted by atomic mass is 19.1. The second-order valence-corrected chi connectivity index (χ2v) is 7.88. The van der Waals surface area contributed by atoms with E-state index < -0.39 is 17.7 Å². The summed E-state index contributed by atoms with van der Waals surface area (Å²) < 4.78 is 29.1. The number of hydrogen-bond donors (Lipinski definition) is 2. The van der Waals surface area contributed by atoms with Crippen molar-refractivity contribution in [3.8, 4) is 11.4 Å². The van der Waals surface area contributed by atoms with Gasteiger partial charge < -0.3 is 10.4 Å². The van der Waals surface area contributed by atoms with Crippen molar-refractivity contribution >= 4 is 22.9 Å². The smallest absolute Gasteiger partial charge is 0.417 e. The van der Waals surface area contributed by atoms with Crippen LogP contribution in [0.1, 0.15) is 46.0 Å². The highest BCUT2D eigenvalue weighted by Crippen LogP contribution is 2.42. The maximum Gasteiger partial charge on any atom is 0.417 e. The van der Waals surface area contributed by atoms with Gasteiger partial charge in [-0.15, -0.1) is 0 Å². The normalized spacial score (nSPS) is 22.1. The Hall–Kier alpha value is -3.10. The molecular weight excluding hydrogens is 404 g/mol. The fourth-order valence-corrected chi connectivity index (χ4v) is 4.73. The first-order chi connectivity index (χ1) is 15.0. The molecule has 3 saturated carbocycles. The lowest BCUT2D eigenvalue weighted by atomic mass is 9.68. The van der Waals surface area contributed by atoms with Crippen LogP contribution >= 0.6 is 0 Å². The van der Waals surface area contributed by atoms with E-state index in [4.69, 9.17) is 0 Å². The number of carbonyl (C=O) groups is 1. The van der Waals surface area contributed by atoms with Gasteiger partial charge in [0.15, 0.2) is 17.5 Å². The molecule has 164 valence electrons. The SMILES string of the molecule is CC.O=C(O)n1cc(-c2ncc(F)c(N[C@@H]3CC4CCC3CC4)n2)c2cc(F)cnc21. The van der Waals surface area contributed by atoms with Crippen LogP contribution in [0.2, 0.25) is 0 Å². The molecule has 3 aromatic rings. The second-order valence-electron chi connectivity index (χ2n) is 7.88. The fourth-order valence-electron chi connectivity index (χ4n) is 4.73. The molecule has 3 aliphatic carbocycles. The molecule has 7 nitrogen and oxygen atoms in total.